The molecule has 0 bridgehead atoms. The van der Waals surface area contributed by atoms with E-state index in [2.05, 4.69) is 55.2 Å². The molecule has 3 rings (SSSR count). The Kier molecular flexibility index (Phi) is 8.94. The molecule has 0 N–H and O–H groups in total. The molecule has 2 fully saturated rings. The standard InChI is InChI=1S/C29H38F2/c1-3-5-7-28-21-20-27(22-29(28,30)31)19-18-26-16-14-25(15-17-26)13-12-24-10-8-23(6-4-2)9-11-24/h5,7-11,18-19,25-28H,3-4,6,14-17,20-22H2,1-2H3/b7-5+,19-18+. The van der Waals surface area contributed by atoms with E-state index >= 15 is 0 Å². The average molecular weight is 425 g/mol. The summed E-state index contributed by atoms with van der Waals surface area (Å²) in [6.07, 6.45) is 17.0. The topological polar surface area (TPSA) is 0 Å². The van der Waals surface area contributed by atoms with Crippen LogP contribution >= 0.6 is 0 Å². The molecule has 2 aliphatic rings. The van der Waals surface area contributed by atoms with Crippen molar-refractivity contribution in [1.29, 1.82) is 0 Å². The summed E-state index contributed by atoms with van der Waals surface area (Å²) in [5.74, 6) is 4.69. The maximum absolute atomic E-state index is 14.4. The van der Waals surface area contributed by atoms with E-state index in [1.807, 2.05) is 13.0 Å². The van der Waals surface area contributed by atoms with Gasteiger partial charge in [-0.3, -0.25) is 0 Å². The van der Waals surface area contributed by atoms with Crippen LogP contribution in [0.5, 0.6) is 0 Å². The molecule has 2 atom stereocenters. The minimum absolute atomic E-state index is 0.0000868. The summed E-state index contributed by atoms with van der Waals surface area (Å²) in [6, 6.07) is 8.64. The van der Waals surface area contributed by atoms with Crippen LogP contribution in [-0.4, -0.2) is 5.92 Å². The molecular weight excluding hydrogens is 386 g/mol. The Hall–Kier alpha value is -1.88. The van der Waals surface area contributed by atoms with Crippen LogP contribution in [0.4, 0.5) is 8.78 Å². The molecule has 2 saturated carbocycles. The van der Waals surface area contributed by atoms with Crippen LogP contribution in [0.25, 0.3) is 0 Å². The van der Waals surface area contributed by atoms with Crippen LogP contribution in [0.2, 0.25) is 0 Å². The van der Waals surface area contributed by atoms with Crippen molar-refractivity contribution in [2.24, 2.45) is 23.7 Å². The first-order chi connectivity index (χ1) is 15.0. The van der Waals surface area contributed by atoms with Gasteiger partial charge in [0.05, 0.1) is 0 Å². The zero-order valence-electron chi connectivity index (χ0n) is 19.3. The minimum Gasteiger partial charge on any atom is -0.206 e. The number of allylic oxidation sites excluding steroid dienone is 4. The third-order valence-corrected chi connectivity index (χ3v) is 6.87. The third-order valence-electron chi connectivity index (χ3n) is 6.87. The summed E-state index contributed by atoms with van der Waals surface area (Å²) in [5.41, 5.74) is 2.48. The Morgan fingerprint density at radius 3 is 2.23 bits per heavy atom. The van der Waals surface area contributed by atoms with Crippen molar-refractivity contribution in [3.8, 4) is 11.8 Å². The predicted octanol–water partition coefficient (Wildman–Crippen LogP) is 8.37. The highest BCUT2D eigenvalue weighted by molar-refractivity contribution is 5.36. The molecule has 0 nitrogen and oxygen atoms in total. The number of hydrogen-bond donors (Lipinski definition) is 0. The van der Waals surface area contributed by atoms with Gasteiger partial charge in [0.15, 0.2) is 0 Å². The molecule has 1 aromatic carbocycles. The molecule has 1 aromatic rings. The van der Waals surface area contributed by atoms with Gasteiger partial charge in [0, 0.05) is 23.8 Å². The van der Waals surface area contributed by atoms with Crippen LogP contribution in [0, 0.1) is 35.5 Å². The first kappa shape index (κ1) is 23.8. The Balaban J connectivity index is 1.44. The van der Waals surface area contributed by atoms with Crippen molar-refractivity contribution in [3.63, 3.8) is 0 Å². The van der Waals surface area contributed by atoms with Gasteiger partial charge >= 0.3 is 0 Å². The lowest BCUT2D eigenvalue weighted by Crippen LogP contribution is -2.34. The van der Waals surface area contributed by atoms with E-state index in [1.54, 1.807) is 6.08 Å². The van der Waals surface area contributed by atoms with Crippen LogP contribution < -0.4 is 0 Å². The van der Waals surface area contributed by atoms with Crippen LogP contribution in [-0.2, 0) is 6.42 Å². The Morgan fingerprint density at radius 1 is 0.903 bits per heavy atom. The summed E-state index contributed by atoms with van der Waals surface area (Å²) in [4.78, 5) is 0. The molecule has 0 aromatic heterocycles. The summed E-state index contributed by atoms with van der Waals surface area (Å²) >= 11 is 0. The van der Waals surface area contributed by atoms with Crippen LogP contribution in [0.1, 0.15) is 82.8 Å². The van der Waals surface area contributed by atoms with E-state index in [0.717, 1.165) is 50.5 Å². The van der Waals surface area contributed by atoms with Gasteiger partial charge in [-0.2, -0.15) is 0 Å². The Morgan fingerprint density at radius 2 is 1.58 bits per heavy atom. The molecule has 2 heteroatoms. The van der Waals surface area contributed by atoms with Gasteiger partial charge in [-0.25, -0.2) is 8.78 Å². The van der Waals surface area contributed by atoms with E-state index in [-0.39, 0.29) is 12.3 Å². The van der Waals surface area contributed by atoms with Gasteiger partial charge in [-0.05, 0) is 80.9 Å². The van der Waals surface area contributed by atoms with E-state index in [1.165, 1.54) is 12.0 Å². The molecule has 2 unspecified atom stereocenters. The Bertz CT molecular complexity index is 782. The van der Waals surface area contributed by atoms with Gasteiger partial charge in [0.1, 0.15) is 0 Å². The van der Waals surface area contributed by atoms with Crippen molar-refractivity contribution in [1.82, 2.24) is 0 Å². The lowest BCUT2D eigenvalue weighted by Gasteiger charge is -2.33. The molecule has 168 valence electrons. The van der Waals surface area contributed by atoms with Gasteiger partial charge < -0.3 is 0 Å². The maximum atomic E-state index is 14.4. The van der Waals surface area contributed by atoms with Crippen molar-refractivity contribution in [2.45, 2.75) is 84.0 Å². The summed E-state index contributed by atoms with van der Waals surface area (Å²) < 4.78 is 28.9. The summed E-state index contributed by atoms with van der Waals surface area (Å²) in [5, 5.41) is 0. The predicted molar refractivity (Wildman–Crippen MR) is 127 cm³/mol. The molecular formula is C29H38F2. The molecule has 0 amide bonds. The highest BCUT2D eigenvalue weighted by Gasteiger charge is 2.42. The molecule has 0 aliphatic heterocycles. The quantitative estimate of drug-likeness (QED) is 0.318. The monoisotopic (exact) mass is 424 g/mol. The van der Waals surface area contributed by atoms with E-state index < -0.39 is 11.8 Å². The van der Waals surface area contributed by atoms with Gasteiger partial charge in [-0.1, -0.05) is 68.5 Å². The highest BCUT2D eigenvalue weighted by Crippen LogP contribution is 2.43. The van der Waals surface area contributed by atoms with Crippen LogP contribution in [0.3, 0.4) is 0 Å². The SMILES string of the molecule is CC/C=C/C1CCC(/C=C/C2CCC(C#Cc3ccc(CCC)cc3)CC2)CC1(F)F. The number of rotatable bonds is 6. The number of halogens is 2. The first-order valence-electron chi connectivity index (χ1n) is 12.3. The maximum Gasteiger partial charge on any atom is 0.254 e. The molecule has 0 spiro atoms. The molecule has 0 heterocycles. The lowest BCUT2D eigenvalue weighted by atomic mass is 9.77. The third kappa shape index (κ3) is 7.34. The van der Waals surface area contributed by atoms with Crippen molar-refractivity contribution in [2.75, 3.05) is 0 Å². The minimum atomic E-state index is -2.57. The van der Waals surface area contributed by atoms with E-state index in [0.29, 0.717) is 18.3 Å². The average Bonchev–Trinajstić information content (AvgIpc) is 2.77. The fourth-order valence-corrected chi connectivity index (χ4v) is 4.91. The molecule has 2 aliphatic carbocycles. The number of benzene rings is 1. The summed E-state index contributed by atoms with van der Waals surface area (Å²) in [7, 11) is 0. The fourth-order valence-electron chi connectivity index (χ4n) is 4.91. The van der Waals surface area contributed by atoms with Crippen molar-refractivity contribution >= 4 is 0 Å². The van der Waals surface area contributed by atoms with E-state index in [9.17, 15) is 8.78 Å². The van der Waals surface area contributed by atoms with Gasteiger partial charge in [0.25, 0.3) is 5.92 Å². The van der Waals surface area contributed by atoms with Crippen molar-refractivity contribution in [3.05, 3.63) is 59.7 Å². The van der Waals surface area contributed by atoms with Crippen LogP contribution in [0.15, 0.2) is 48.6 Å². The largest absolute Gasteiger partial charge is 0.254 e. The normalized spacial score (nSPS) is 28.5. The van der Waals surface area contributed by atoms with Gasteiger partial charge in [-0.15, -0.1) is 0 Å². The van der Waals surface area contributed by atoms with E-state index in [4.69, 9.17) is 0 Å². The smallest absolute Gasteiger partial charge is 0.206 e. The lowest BCUT2D eigenvalue weighted by molar-refractivity contribution is -0.0784. The molecule has 0 saturated heterocycles. The first-order valence-corrected chi connectivity index (χ1v) is 12.3. The second-order valence-corrected chi connectivity index (χ2v) is 9.46. The number of alkyl halides is 2. The fraction of sp³-hybridized carbons (Fsp3) is 0.586. The zero-order valence-corrected chi connectivity index (χ0v) is 19.3. The summed E-state index contributed by atoms with van der Waals surface area (Å²) in [6.45, 7) is 4.19. The second kappa shape index (κ2) is 11.7. The van der Waals surface area contributed by atoms with Gasteiger partial charge in [0.2, 0.25) is 0 Å². The molecule has 0 radical (unpaired) electrons. The molecule has 31 heavy (non-hydrogen) atoms. The number of aryl methyl sites for hydroxylation is 1. The highest BCUT2D eigenvalue weighted by atomic mass is 19.3. The van der Waals surface area contributed by atoms with Crippen molar-refractivity contribution < 1.29 is 8.78 Å². The zero-order chi connectivity index (χ0) is 22.1. The number of hydrogen-bond acceptors (Lipinski definition) is 0. The Labute approximate surface area is 188 Å². The second-order valence-electron chi connectivity index (χ2n) is 9.46.